The van der Waals surface area contributed by atoms with Crippen molar-refractivity contribution in [1.82, 2.24) is 0 Å². The fourth-order valence-corrected chi connectivity index (χ4v) is 2.59. The maximum absolute atomic E-state index is 12.7. The number of oxime groups is 1. The number of hydrogen-bond acceptors (Lipinski definition) is 5. The molecule has 1 aliphatic heterocycles. The number of carbonyl (C=O) groups is 1. The number of unbranched alkanes of at least 4 members (excludes halogenated alkanes) is 2. The lowest BCUT2D eigenvalue weighted by atomic mass is 9.89. The van der Waals surface area contributed by atoms with Crippen molar-refractivity contribution >= 4 is 11.7 Å². The maximum atomic E-state index is 12.7. The molecule has 0 saturated heterocycles. The number of rotatable bonds is 6. The molecule has 0 N–H and O–H groups in total. The van der Waals surface area contributed by atoms with E-state index in [-0.39, 0.29) is 5.97 Å². The molecule has 24 heavy (non-hydrogen) atoms. The van der Waals surface area contributed by atoms with Crippen LogP contribution in [0.25, 0.3) is 0 Å². The number of benzene rings is 1. The lowest BCUT2D eigenvalue weighted by Gasteiger charge is -2.29. The van der Waals surface area contributed by atoms with Gasteiger partial charge >= 0.3 is 5.97 Å². The minimum atomic E-state index is -1.09. The predicted molar refractivity (Wildman–Crippen MR) is 91.3 cm³/mol. The third kappa shape index (κ3) is 4.58. The van der Waals surface area contributed by atoms with Crippen LogP contribution in [0.3, 0.4) is 0 Å². The number of ether oxygens (including phenoxy) is 1. The lowest BCUT2D eigenvalue weighted by molar-refractivity contribution is -0.182. The molecular weight excluding hydrogens is 304 g/mol. The summed E-state index contributed by atoms with van der Waals surface area (Å²) in [7, 11) is 0. The zero-order valence-corrected chi connectivity index (χ0v) is 14.5. The molecule has 0 amide bonds. The van der Waals surface area contributed by atoms with Crippen LogP contribution in [0.2, 0.25) is 0 Å². The monoisotopic (exact) mass is 328 g/mol. The zero-order valence-electron chi connectivity index (χ0n) is 14.5. The molecule has 0 fully saturated rings. The maximum Gasteiger partial charge on any atom is 0.354 e. The van der Waals surface area contributed by atoms with Crippen LogP contribution in [0.15, 0.2) is 35.5 Å². The standard InChI is InChI=1S/C19H24N2O3/c1-18(2,3)23-17(22)19(12-8-5-9-13-20)14-16(21-24-19)15-10-6-4-7-11-15/h4,6-7,10-11H,5,8-9,12,14H2,1-3H3/t19-/m0/s1. The third-order valence-electron chi connectivity index (χ3n) is 3.78. The first-order chi connectivity index (χ1) is 11.4. The Morgan fingerprint density at radius 1 is 1.33 bits per heavy atom. The van der Waals surface area contributed by atoms with Gasteiger partial charge in [-0.15, -0.1) is 0 Å². The van der Waals surface area contributed by atoms with E-state index in [1.807, 2.05) is 51.1 Å². The molecule has 0 spiro atoms. The predicted octanol–water partition coefficient (Wildman–Crippen LogP) is 3.98. The van der Waals surface area contributed by atoms with Crippen molar-refractivity contribution in [3.05, 3.63) is 35.9 Å². The van der Waals surface area contributed by atoms with Gasteiger partial charge in [-0.3, -0.25) is 0 Å². The van der Waals surface area contributed by atoms with Crippen LogP contribution in [0.1, 0.15) is 58.4 Å². The topological polar surface area (TPSA) is 71.7 Å². The summed E-state index contributed by atoms with van der Waals surface area (Å²) in [4.78, 5) is 18.4. The quantitative estimate of drug-likeness (QED) is 0.585. The molecule has 0 radical (unpaired) electrons. The highest BCUT2D eigenvalue weighted by Crippen LogP contribution is 2.34. The van der Waals surface area contributed by atoms with Gasteiger partial charge < -0.3 is 9.57 Å². The van der Waals surface area contributed by atoms with Crippen molar-refractivity contribution in [3.8, 4) is 6.07 Å². The van der Waals surface area contributed by atoms with Crippen molar-refractivity contribution in [2.24, 2.45) is 5.16 Å². The second-order valence-electron chi connectivity index (χ2n) is 7.03. The molecule has 2 rings (SSSR count). The van der Waals surface area contributed by atoms with Gasteiger partial charge in [-0.25, -0.2) is 4.79 Å². The Morgan fingerprint density at radius 2 is 2.04 bits per heavy atom. The van der Waals surface area contributed by atoms with E-state index >= 15 is 0 Å². The van der Waals surface area contributed by atoms with Crippen LogP contribution in [0, 0.1) is 11.3 Å². The Bertz CT molecular complexity index is 641. The third-order valence-corrected chi connectivity index (χ3v) is 3.78. The number of hydrogen-bond donors (Lipinski definition) is 0. The molecule has 0 unspecified atom stereocenters. The first-order valence-electron chi connectivity index (χ1n) is 8.27. The van der Waals surface area contributed by atoms with Crippen molar-refractivity contribution in [2.45, 2.75) is 64.1 Å². The smallest absolute Gasteiger partial charge is 0.354 e. The van der Waals surface area contributed by atoms with Crippen LogP contribution >= 0.6 is 0 Å². The molecular formula is C19H24N2O3. The highest BCUT2D eigenvalue weighted by molar-refractivity contribution is 6.04. The second kappa shape index (κ2) is 7.48. The number of esters is 1. The summed E-state index contributed by atoms with van der Waals surface area (Å²) >= 11 is 0. The lowest BCUT2D eigenvalue weighted by Crippen LogP contribution is -2.44. The van der Waals surface area contributed by atoms with Gasteiger partial charge in [0.1, 0.15) is 5.60 Å². The van der Waals surface area contributed by atoms with E-state index in [4.69, 9.17) is 14.8 Å². The molecule has 5 heteroatoms. The van der Waals surface area contributed by atoms with Gasteiger partial charge in [-0.1, -0.05) is 35.5 Å². The molecule has 1 aromatic rings. The van der Waals surface area contributed by atoms with Gasteiger partial charge in [-0.2, -0.15) is 5.26 Å². The van der Waals surface area contributed by atoms with E-state index in [1.54, 1.807) is 0 Å². The molecule has 0 bridgehead atoms. The first kappa shape index (κ1) is 18.0. The van der Waals surface area contributed by atoms with Gasteiger partial charge in [0.15, 0.2) is 0 Å². The Kier molecular flexibility index (Phi) is 5.61. The summed E-state index contributed by atoms with van der Waals surface area (Å²) in [5.41, 5.74) is 0.0189. The van der Waals surface area contributed by atoms with E-state index < -0.39 is 11.2 Å². The minimum Gasteiger partial charge on any atom is -0.457 e. The second-order valence-corrected chi connectivity index (χ2v) is 7.03. The van der Waals surface area contributed by atoms with E-state index in [1.165, 1.54) is 0 Å². The summed E-state index contributed by atoms with van der Waals surface area (Å²) < 4.78 is 5.56. The van der Waals surface area contributed by atoms with Crippen molar-refractivity contribution < 1.29 is 14.4 Å². The SMILES string of the molecule is CC(C)(C)OC(=O)[C@]1(CCCCC#N)CC(c2ccccc2)=NO1. The average Bonchev–Trinajstić information content (AvgIpc) is 2.97. The molecule has 1 heterocycles. The van der Waals surface area contributed by atoms with Crippen LogP contribution < -0.4 is 0 Å². The fraction of sp³-hybridized carbons (Fsp3) is 0.526. The molecule has 1 aromatic carbocycles. The molecule has 1 aliphatic rings. The fourth-order valence-electron chi connectivity index (χ4n) is 2.59. The number of nitrogens with zero attached hydrogens (tertiary/aromatic N) is 2. The summed E-state index contributed by atoms with van der Waals surface area (Å²) in [6, 6.07) is 11.8. The number of nitriles is 1. The highest BCUT2D eigenvalue weighted by Gasteiger charge is 2.48. The van der Waals surface area contributed by atoms with E-state index in [2.05, 4.69) is 11.2 Å². The van der Waals surface area contributed by atoms with Crippen molar-refractivity contribution in [1.29, 1.82) is 5.26 Å². The van der Waals surface area contributed by atoms with E-state index in [9.17, 15) is 4.79 Å². The Labute approximate surface area is 143 Å². The van der Waals surface area contributed by atoms with Crippen LogP contribution in [-0.2, 0) is 14.4 Å². The van der Waals surface area contributed by atoms with Gasteiger partial charge in [0.05, 0.1) is 11.8 Å². The first-order valence-corrected chi connectivity index (χ1v) is 8.27. The summed E-state index contributed by atoms with van der Waals surface area (Å²) in [5, 5.41) is 12.8. The molecule has 5 nitrogen and oxygen atoms in total. The van der Waals surface area contributed by atoms with Gasteiger partial charge in [-0.05, 0) is 39.2 Å². The van der Waals surface area contributed by atoms with Gasteiger partial charge in [0, 0.05) is 19.3 Å². The van der Waals surface area contributed by atoms with Crippen LogP contribution in [-0.4, -0.2) is 22.9 Å². The van der Waals surface area contributed by atoms with Crippen molar-refractivity contribution in [3.63, 3.8) is 0 Å². The van der Waals surface area contributed by atoms with Gasteiger partial charge in [0.2, 0.25) is 5.60 Å². The zero-order chi connectivity index (χ0) is 17.6. The van der Waals surface area contributed by atoms with E-state index in [0.29, 0.717) is 25.7 Å². The molecule has 0 aliphatic carbocycles. The normalized spacial score (nSPS) is 20.0. The number of carbonyl (C=O) groups excluding carboxylic acids is 1. The highest BCUT2D eigenvalue weighted by atomic mass is 16.7. The van der Waals surface area contributed by atoms with E-state index in [0.717, 1.165) is 17.7 Å². The summed E-state index contributed by atoms with van der Waals surface area (Å²) in [6.07, 6.45) is 2.79. The largest absolute Gasteiger partial charge is 0.457 e. The molecule has 128 valence electrons. The Hall–Kier alpha value is -2.35. The summed E-state index contributed by atoms with van der Waals surface area (Å²) in [6.45, 7) is 5.51. The Balaban J connectivity index is 2.14. The molecule has 0 saturated carbocycles. The molecule has 0 aromatic heterocycles. The van der Waals surface area contributed by atoms with Crippen LogP contribution in [0.5, 0.6) is 0 Å². The minimum absolute atomic E-state index is 0.387. The average molecular weight is 328 g/mol. The van der Waals surface area contributed by atoms with Gasteiger partial charge in [0.25, 0.3) is 0 Å². The van der Waals surface area contributed by atoms with Crippen LogP contribution in [0.4, 0.5) is 0 Å². The van der Waals surface area contributed by atoms with Crippen molar-refractivity contribution in [2.75, 3.05) is 0 Å². The Morgan fingerprint density at radius 3 is 2.67 bits per heavy atom. The summed E-state index contributed by atoms with van der Waals surface area (Å²) in [5.74, 6) is -0.387. The molecule has 1 atom stereocenters.